The van der Waals surface area contributed by atoms with Crippen LogP contribution in [0.25, 0.3) is 11.4 Å². The van der Waals surface area contributed by atoms with Crippen LogP contribution in [0.4, 0.5) is 10.1 Å². The average molecular weight is 351 g/mol. The molecule has 0 atom stereocenters. The average Bonchev–Trinajstić information content (AvgIpc) is 3.37. The summed E-state index contributed by atoms with van der Waals surface area (Å²) in [6, 6.07) is 13.6. The number of carbonyl (C=O) groups excluding carboxylic acids is 1. The Bertz CT molecular complexity index is 934. The Morgan fingerprint density at radius 3 is 2.85 bits per heavy atom. The number of aryl methyl sites for hydroxylation is 1. The second-order valence-electron chi connectivity index (χ2n) is 6.49. The lowest BCUT2D eigenvalue weighted by atomic mass is 10.1. The van der Waals surface area contributed by atoms with Gasteiger partial charge in [-0.05, 0) is 49.1 Å². The van der Waals surface area contributed by atoms with Gasteiger partial charge in [0, 0.05) is 23.6 Å². The molecule has 0 spiro atoms. The van der Waals surface area contributed by atoms with Crippen LogP contribution >= 0.6 is 0 Å². The van der Waals surface area contributed by atoms with E-state index in [0.717, 1.165) is 24.0 Å². The van der Waals surface area contributed by atoms with E-state index in [4.69, 9.17) is 4.52 Å². The second kappa shape index (κ2) is 7.07. The van der Waals surface area contributed by atoms with Gasteiger partial charge >= 0.3 is 0 Å². The molecule has 6 heteroatoms. The minimum Gasteiger partial charge on any atom is -0.339 e. The highest BCUT2D eigenvalue weighted by atomic mass is 19.1. The van der Waals surface area contributed by atoms with Crippen molar-refractivity contribution in [3.05, 3.63) is 65.8 Å². The van der Waals surface area contributed by atoms with Crippen LogP contribution in [0.3, 0.4) is 0 Å². The van der Waals surface area contributed by atoms with Gasteiger partial charge in [0.15, 0.2) is 0 Å². The van der Waals surface area contributed by atoms with Gasteiger partial charge in [0.25, 0.3) is 0 Å². The van der Waals surface area contributed by atoms with Gasteiger partial charge in [-0.1, -0.05) is 29.4 Å². The zero-order valence-electron chi connectivity index (χ0n) is 14.1. The van der Waals surface area contributed by atoms with E-state index in [9.17, 15) is 9.18 Å². The minimum atomic E-state index is -0.290. The molecule has 0 saturated heterocycles. The fourth-order valence-electron chi connectivity index (χ4n) is 2.76. The van der Waals surface area contributed by atoms with Gasteiger partial charge in [-0.15, -0.1) is 0 Å². The Balaban J connectivity index is 1.39. The predicted octanol–water partition coefficient (Wildman–Crippen LogP) is 4.32. The number of halogens is 1. The Morgan fingerprint density at radius 2 is 2.04 bits per heavy atom. The van der Waals surface area contributed by atoms with E-state index in [1.807, 2.05) is 30.3 Å². The van der Waals surface area contributed by atoms with E-state index in [1.165, 1.54) is 12.1 Å². The van der Waals surface area contributed by atoms with Crippen molar-refractivity contribution >= 4 is 11.6 Å². The lowest BCUT2D eigenvalue weighted by Gasteiger charge is -2.06. The lowest BCUT2D eigenvalue weighted by molar-refractivity contribution is -0.116. The normalized spacial score (nSPS) is 13.6. The molecular weight excluding hydrogens is 333 g/mol. The summed E-state index contributed by atoms with van der Waals surface area (Å²) >= 11 is 0. The number of nitrogens with zero attached hydrogens (tertiary/aromatic N) is 2. The van der Waals surface area contributed by atoms with E-state index in [-0.39, 0.29) is 18.1 Å². The molecule has 1 amide bonds. The van der Waals surface area contributed by atoms with Gasteiger partial charge in [0.05, 0.1) is 0 Å². The van der Waals surface area contributed by atoms with E-state index in [2.05, 4.69) is 15.5 Å². The molecule has 0 unspecified atom stereocenters. The number of nitrogens with one attached hydrogen (secondary N) is 1. The smallest absolute Gasteiger partial charge is 0.230 e. The zero-order valence-corrected chi connectivity index (χ0v) is 14.1. The fourth-order valence-corrected chi connectivity index (χ4v) is 2.76. The van der Waals surface area contributed by atoms with Gasteiger partial charge in [-0.25, -0.2) is 4.39 Å². The molecule has 1 heterocycles. The first-order chi connectivity index (χ1) is 12.7. The van der Waals surface area contributed by atoms with Gasteiger partial charge < -0.3 is 9.84 Å². The quantitative estimate of drug-likeness (QED) is 0.718. The molecule has 26 heavy (non-hydrogen) atoms. The van der Waals surface area contributed by atoms with Crippen molar-refractivity contribution in [2.75, 3.05) is 5.32 Å². The summed E-state index contributed by atoms with van der Waals surface area (Å²) in [5.74, 6) is 1.20. The first kappa shape index (κ1) is 16.4. The number of hydrogen-bond acceptors (Lipinski definition) is 4. The van der Waals surface area contributed by atoms with Crippen molar-refractivity contribution in [3.8, 4) is 11.4 Å². The molecule has 1 aliphatic carbocycles. The van der Waals surface area contributed by atoms with Gasteiger partial charge in [0.1, 0.15) is 5.82 Å². The second-order valence-corrected chi connectivity index (χ2v) is 6.49. The molecule has 5 nitrogen and oxygen atoms in total. The van der Waals surface area contributed by atoms with Crippen molar-refractivity contribution in [1.82, 2.24) is 10.1 Å². The van der Waals surface area contributed by atoms with Crippen molar-refractivity contribution in [1.29, 1.82) is 0 Å². The molecule has 1 aliphatic rings. The number of amides is 1. The highest BCUT2D eigenvalue weighted by molar-refractivity contribution is 5.91. The highest BCUT2D eigenvalue weighted by Crippen LogP contribution is 2.39. The summed E-state index contributed by atoms with van der Waals surface area (Å²) in [5, 5.41) is 6.88. The molecular formula is C20H18FN3O2. The predicted molar refractivity (Wildman–Crippen MR) is 95.1 cm³/mol. The van der Waals surface area contributed by atoms with Crippen LogP contribution in [0.2, 0.25) is 0 Å². The summed E-state index contributed by atoms with van der Waals surface area (Å²) in [7, 11) is 0. The molecule has 1 N–H and O–H groups in total. The maximum atomic E-state index is 13.2. The molecule has 2 aromatic carbocycles. The maximum Gasteiger partial charge on any atom is 0.230 e. The van der Waals surface area contributed by atoms with Gasteiger partial charge in [-0.3, -0.25) is 4.79 Å². The van der Waals surface area contributed by atoms with Crippen LogP contribution in [0.5, 0.6) is 0 Å². The van der Waals surface area contributed by atoms with Crippen molar-refractivity contribution in [2.24, 2.45) is 0 Å². The molecule has 1 saturated carbocycles. The summed E-state index contributed by atoms with van der Waals surface area (Å²) < 4.78 is 18.5. The molecule has 132 valence electrons. The third-order valence-electron chi connectivity index (χ3n) is 4.30. The highest BCUT2D eigenvalue weighted by Gasteiger charge is 2.29. The first-order valence-corrected chi connectivity index (χ1v) is 8.66. The lowest BCUT2D eigenvalue weighted by Crippen LogP contribution is -2.12. The van der Waals surface area contributed by atoms with E-state index < -0.39 is 0 Å². The van der Waals surface area contributed by atoms with Crippen LogP contribution in [0.15, 0.2) is 53.1 Å². The SMILES string of the molecule is O=C(CCc1cccc(F)c1)Nc1cccc(-c2noc(C3CC3)n2)c1. The van der Waals surface area contributed by atoms with Crippen LogP contribution < -0.4 is 5.32 Å². The molecule has 0 bridgehead atoms. The number of rotatable bonds is 6. The number of aromatic nitrogens is 2. The molecule has 3 aromatic rings. The van der Waals surface area contributed by atoms with Gasteiger partial charge in [-0.2, -0.15) is 4.98 Å². The molecule has 1 fully saturated rings. The Labute approximate surface area is 150 Å². The third-order valence-corrected chi connectivity index (χ3v) is 4.30. The zero-order chi connectivity index (χ0) is 17.9. The molecule has 0 aliphatic heterocycles. The largest absolute Gasteiger partial charge is 0.339 e. The van der Waals surface area contributed by atoms with Crippen molar-refractivity contribution in [3.63, 3.8) is 0 Å². The minimum absolute atomic E-state index is 0.127. The summed E-state index contributed by atoms with van der Waals surface area (Å²) in [4.78, 5) is 16.6. The number of carbonyl (C=O) groups is 1. The van der Waals surface area contributed by atoms with Crippen molar-refractivity contribution in [2.45, 2.75) is 31.6 Å². The number of anilines is 1. The van der Waals surface area contributed by atoms with Crippen LogP contribution in [0.1, 0.15) is 36.6 Å². The Morgan fingerprint density at radius 1 is 1.19 bits per heavy atom. The maximum absolute atomic E-state index is 13.2. The molecule has 4 rings (SSSR count). The first-order valence-electron chi connectivity index (χ1n) is 8.66. The number of benzene rings is 2. The summed E-state index contributed by atoms with van der Waals surface area (Å²) in [6.45, 7) is 0. The van der Waals surface area contributed by atoms with Crippen LogP contribution in [-0.4, -0.2) is 16.0 Å². The fraction of sp³-hybridized carbons (Fsp3) is 0.250. The monoisotopic (exact) mass is 351 g/mol. The van der Waals surface area contributed by atoms with Crippen molar-refractivity contribution < 1.29 is 13.7 Å². The summed E-state index contributed by atoms with van der Waals surface area (Å²) in [5.41, 5.74) is 2.27. The number of hydrogen-bond donors (Lipinski definition) is 1. The van der Waals surface area contributed by atoms with E-state index >= 15 is 0 Å². The Kier molecular flexibility index (Phi) is 4.48. The van der Waals surface area contributed by atoms with Crippen LogP contribution in [-0.2, 0) is 11.2 Å². The molecule has 1 aromatic heterocycles. The van der Waals surface area contributed by atoms with E-state index in [0.29, 0.717) is 29.7 Å². The van der Waals surface area contributed by atoms with Gasteiger partial charge in [0.2, 0.25) is 17.6 Å². The Hall–Kier alpha value is -3.02. The van der Waals surface area contributed by atoms with E-state index in [1.54, 1.807) is 6.07 Å². The topological polar surface area (TPSA) is 68.0 Å². The van der Waals surface area contributed by atoms with Crippen LogP contribution in [0, 0.1) is 5.82 Å². The standard InChI is InChI=1S/C20H18FN3O2/c21-16-5-1-3-13(11-16)7-10-18(25)22-17-6-2-4-15(12-17)19-23-20(26-24-19)14-8-9-14/h1-6,11-12,14H,7-10H2,(H,22,25). The third kappa shape index (κ3) is 3.96. The molecule has 0 radical (unpaired) electrons. The summed E-state index contributed by atoms with van der Waals surface area (Å²) in [6.07, 6.45) is 2.96.